The number of hydrogen-bond acceptors (Lipinski definition) is 8. The van der Waals surface area contributed by atoms with Crippen LogP contribution in [0.15, 0.2) is 5.38 Å². The smallest absolute Gasteiger partial charge is 0.408 e. The van der Waals surface area contributed by atoms with E-state index in [1.54, 1.807) is 27.7 Å². The van der Waals surface area contributed by atoms with Gasteiger partial charge in [0.05, 0.1) is 26.2 Å². The number of methoxy groups -OCH3 is 1. The van der Waals surface area contributed by atoms with Crippen LogP contribution in [0.1, 0.15) is 55.7 Å². The van der Waals surface area contributed by atoms with Crippen LogP contribution in [-0.2, 0) is 19.0 Å². The number of aromatic nitrogens is 1. The highest BCUT2D eigenvalue weighted by Gasteiger charge is 2.26. The molecule has 0 spiro atoms. The zero-order valence-corrected chi connectivity index (χ0v) is 15.2. The van der Waals surface area contributed by atoms with Crippen molar-refractivity contribution in [1.29, 1.82) is 0 Å². The van der Waals surface area contributed by atoms with Crippen LogP contribution < -0.4 is 5.32 Å². The van der Waals surface area contributed by atoms with Gasteiger partial charge in [-0.25, -0.2) is 14.6 Å². The molecule has 1 aromatic heterocycles. The lowest BCUT2D eigenvalue weighted by molar-refractivity contribution is -0.141. The van der Waals surface area contributed by atoms with Crippen molar-refractivity contribution < 1.29 is 28.6 Å². The number of esters is 2. The number of thiazole rings is 1. The highest BCUT2D eigenvalue weighted by molar-refractivity contribution is 7.09. The van der Waals surface area contributed by atoms with Crippen LogP contribution in [0, 0.1) is 0 Å². The summed E-state index contributed by atoms with van der Waals surface area (Å²) in [5, 5.41) is 4.47. The third-order valence-electron chi connectivity index (χ3n) is 2.59. The molecule has 0 fully saturated rings. The molecule has 1 N–H and O–H groups in total. The Hall–Kier alpha value is -2.16. The van der Waals surface area contributed by atoms with Gasteiger partial charge in [0.2, 0.25) is 0 Å². The molecule has 1 amide bonds. The highest BCUT2D eigenvalue weighted by atomic mass is 32.1. The standard InChI is InChI=1S/C15H22N2O6S/c1-6-22-13(19)10-8-24-12(16-10)9(7-11(18)21-5)17-14(20)23-15(2,3)4/h8-9H,6-7H2,1-5H3,(H,17,20). The molecule has 0 aliphatic carbocycles. The summed E-state index contributed by atoms with van der Waals surface area (Å²) >= 11 is 1.13. The van der Waals surface area contributed by atoms with E-state index in [0.29, 0.717) is 5.01 Å². The first kappa shape index (κ1) is 19.9. The molecule has 1 unspecified atom stereocenters. The number of rotatable bonds is 6. The molecule has 9 heteroatoms. The van der Waals surface area contributed by atoms with E-state index in [2.05, 4.69) is 15.0 Å². The van der Waals surface area contributed by atoms with E-state index in [-0.39, 0.29) is 18.7 Å². The Kier molecular flexibility index (Phi) is 7.15. The van der Waals surface area contributed by atoms with E-state index in [9.17, 15) is 14.4 Å². The molecular weight excluding hydrogens is 336 g/mol. The average Bonchev–Trinajstić information content (AvgIpc) is 2.94. The summed E-state index contributed by atoms with van der Waals surface area (Å²) in [7, 11) is 1.25. The predicted octanol–water partition coefficient (Wildman–Crippen LogP) is 2.45. The van der Waals surface area contributed by atoms with Crippen LogP contribution >= 0.6 is 11.3 Å². The quantitative estimate of drug-likeness (QED) is 0.615. The fourth-order valence-corrected chi connectivity index (χ4v) is 2.49. The average molecular weight is 358 g/mol. The largest absolute Gasteiger partial charge is 0.469 e. The van der Waals surface area contributed by atoms with Crippen molar-refractivity contribution in [2.45, 2.75) is 45.8 Å². The maximum Gasteiger partial charge on any atom is 0.408 e. The van der Waals surface area contributed by atoms with Crippen molar-refractivity contribution >= 4 is 29.4 Å². The lowest BCUT2D eigenvalue weighted by Crippen LogP contribution is -2.36. The molecule has 0 aliphatic rings. The van der Waals surface area contributed by atoms with Crippen LogP contribution in [0.2, 0.25) is 0 Å². The summed E-state index contributed by atoms with van der Waals surface area (Å²) in [6, 6.07) is -0.763. The van der Waals surface area contributed by atoms with Gasteiger partial charge in [-0.2, -0.15) is 0 Å². The number of carbonyl (C=O) groups is 3. The summed E-state index contributed by atoms with van der Waals surface area (Å²) in [6.07, 6.45) is -0.824. The Labute approximate surface area is 144 Å². The van der Waals surface area contributed by atoms with Gasteiger partial charge in [0.15, 0.2) is 5.69 Å². The summed E-state index contributed by atoms with van der Waals surface area (Å²) in [6.45, 7) is 7.10. The molecule has 0 saturated carbocycles. The first-order valence-electron chi connectivity index (χ1n) is 7.35. The molecule has 1 rings (SSSR count). The van der Waals surface area contributed by atoms with Gasteiger partial charge in [-0.3, -0.25) is 4.79 Å². The van der Waals surface area contributed by atoms with Gasteiger partial charge in [0.1, 0.15) is 10.6 Å². The number of nitrogens with one attached hydrogen (secondary N) is 1. The van der Waals surface area contributed by atoms with Gasteiger partial charge in [0.25, 0.3) is 0 Å². The molecule has 8 nitrogen and oxygen atoms in total. The highest BCUT2D eigenvalue weighted by Crippen LogP contribution is 2.23. The fourth-order valence-electron chi connectivity index (χ4n) is 1.65. The van der Waals surface area contributed by atoms with E-state index in [0.717, 1.165) is 11.3 Å². The Bertz CT molecular complexity index is 593. The van der Waals surface area contributed by atoms with Crippen LogP contribution in [0.5, 0.6) is 0 Å². The number of carbonyl (C=O) groups excluding carboxylic acids is 3. The molecule has 0 bridgehead atoms. The first-order valence-corrected chi connectivity index (χ1v) is 8.23. The molecule has 0 saturated heterocycles. The Morgan fingerprint density at radius 2 is 2.00 bits per heavy atom. The van der Waals surface area contributed by atoms with Gasteiger partial charge in [0, 0.05) is 5.38 Å². The third-order valence-corrected chi connectivity index (χ3v) is 3.55. The van der Waals surface area contributed by atoms with Crippen molar-refractivity contribution in [2.24, 2.45) is 0 Å². The molecule has 1 atom stereocenters. The number of hydrogen-bond donors (Lipinski definition) is 1. The molecule has 0 aromatic carbocycles. The molecular formula is C15H22N2O6S. The molecule has 1 heterocycles. The summed E-state index contributed by atoms with van der Waals surface area (Å²) in [5.41, 5.74) is -0.559. The number of amides is 1. The molecule has 1 aromatic rings. The van der Waals surface area contributed by atoms with E-state index >= 15 is 0 Å². The van der Waals surface area contributed by atoms with E-state index < -0.39 is 29.7 Å². The third kappa shape index (κ3) is 6.53. The zero-order valence-electron chi connectivity index (χ0n) is 14.4. The first-order chi connectivity index (χ1) is 11.2. The Balaban J connectivity index is 2.91. The van der Waals surface area contributed by atoms with E-state index in [1.807, 2.05) is 0 Å². The zero-order chi connectivity index (χ0) is 18.3. The maximum absolute atomic E-state index is 12.0. The second-order valence-electron chi connectivity index (χ2n) is 5.77. The minimum atomic E-state index is -0.763. The minimum Gasteiger partial charge on any atom is -0.469 e. The topological polar surface area (TPSA) is 104 Å². The lowest BCUT2D eigenvalue weighted by atomic mass is 10.2. The second kappa shape index (κ2) is 8.62. The van der Waals surface area contributed by atoms with Crippen molar-refractivity contribution in [3.8, 4) is 0 Å². The summed E-state index contributed by atoms with van der Waals surface area (Å²) in [4.78, 5) is 39.4. The van der Waals surface area contributed by atoms with Crippen molar-refractivity contribution in [3.63, 3.8) is 0 Å². The van der Waals surface area contributed by atoms with E-state index in [1.165, 1.54) is 12.5 Å². The lowest BCUT2D eigenvalue weighted by Gasteiger charge is -2.22. The van der Waals surface area contributed by atoms with Crippen LogP contribution in [-0.4, -0.2) is 42.3 Å². The predicted molar refractivity (Wildman–Crippen MR) is 86.8 cm³/mol. The SMILES string of the molecule is CCOC(=O)c1csc(C(CC(=O)OC)NC(=O)OC(C)(C)C)n1. The number of ether oxygens (including phenoxy) is 3. The van der Waals surface area contributed by atoms with Gasteiger partial charge < -0.3 is 19.5 Å². The Morgan fingerprint density at radius 3 is 2.54 bits per heavy atom. The van der Waals surface area contributed by atoms with Gasteiger partial charge in [-0.1, -0.05) is 0 Å². The fraction of sp³-hybridized carbons (Fsp3) is 0.600. The molecule has 24 heavy (non-hydrogen) atoms. The van der Waals surface area contributed by atoms with Gasteiger partial charge >= 0.3 is 18.0 Å². The van der Waals surface area contributed by atoms with Crippen molar-refractivity contribution in [3.05, 3.63) is 16.1 Å². The molecule has 0 radical (unpaired) electrons. The van der Waals surface area contributed by atoms with Gasteiger partial charge in [-0.05, 0) is 27.7 Å². The maximum atomic E-state index is 12.0. The van der Waals surface area contributed by atoms with Gasteiger partial charge in [-0.15, -0.1) is 11.3 Å². The number of nitrogens with zero attached hydrogens (tertiary/aromatic N) is 1. The van der Waals surface area contributed by atoms with Crippen LogP contribution in [0.4, 0.5) is 4.79 Å². The summed E-state index contributed by atoms with van der Waals surface area (Å²) < 4.78 is 14.7. The molecule has 0 aliphatic heterocycles. The Morgan fingerprint density at radius 1 is 1.33 bits per heavy atom. The summed E-state index contributed by atoms with van der Waals surface area (Å²) in [5.74, 6) is -1.09. The van der Waals surface area contributed by atoms with Crippen molar-refractivity contribution in [2.75, 3.05) is 13.7 Å². The minimum absolute atomic E-state index is 0.123. The van der Waals surface area contributed by atoms with Crippen LogP contribution in [0.3, 0.4) is 0 Å². The second-order valence-corrected chi connectivity index (χ2v) is 6.66. The van der Waals surface area contributed by atoms with Crippen molar-refractivity contribution in [1.82, 2.24) is 10.3 Å². The normalized spacial score (nSPS) is 12.2. The van der Waals surface area contributed by atoms with E-state index in [4.69, 9.17) is 9.47 Å². The molecule has 134 valence electrons. The number of alkyl carbamates (subject to hydrolysis) is 1. The van der Waals surface area contributed by atoms with Crippen LogP contribution in [0.25, 0.3) is 0 Å². The monoisotopic (exact) mass is 358 g/mol.